The Labute approximate surface area is 89.5 Å². The summed E-state index contributed by atoms with van der Waals surface area (Å²) in [5.74, 6) is 0.254. The van der Waals surface area contributed by atoms with Crippen LogP contribution in [0.5, 0.6) is 0 Å². The number of ether oxygens (including phenoxy) is 1. The summed E-state index contributed by atoms with van der Waals surface area (Å²) in [6.07, 6.45) is 0.769. The van der Waals surface area contributed by atoms with E-state index in [9.17, 15) is 4.79 Å². The first kappa shape index (κ1) is 13.7. The predicted molar refractivity (Wildman–Crippen MR) is 56.7 cm³/mol. The number of carbonyl (C=O) groups excluding carboxylic acids is 1. The number of methoxy groups -OCH3 is 1. The van der Waals surface area contributed by atoms with E-state index in [2.05, 4.69) is 10.5 Å². The van der Waals surface area contributed by atoms with E-state index in [1.807, 2.05) is 6.92 Å². The number of nitrogens with two attached hydrogens (primary N) is 1. The topological polar surface area (TPSA) is 96.9 Å². The number of rotatable bonds is 7. The molecule has 0 spiro atoms. The van der Waals surface area contributed by atoms with Crippen molar-refractivity contribution in [2.24, 2.45) is 16.8 Å². The van der Waals surface area contributed by atoms with Crippen LogP contribution in [0.25, 0.3) is 0 Å². The van der Waals surface area contributed by atoms with Crippen LogP contribution in [0.2, 0.25) is 0 Å². The van der Waals surface area contributed by atoms with Gasteiger partial charge < -0.3 is 21.0 Å². The summed E-state index contributed by atoms with van der Waals surface area (Å²) in [6, 6.07) is 0. The van der Waals surface area contributed by atoms with Crippen LogP contribution in [-0.4, -0.2) is 37.2 Å². The monoisotopic (exact) mass is 217 g/mol. The number of hydrogen-bond acceptors (Lipinski definition) is 4. The smallest absolute Gasteiger partial charge is 0.220 e. The predicted octanol–water partition coefficient (Wildman–Crippen LogP) is -0.0883. The maximum absolute atomic E-state index is 11.3. The van der Waals surface area contributed by atoms with E-state index in [-0.39, 0.29) is 17.7 Å². The highest BCUT2D eigenvalue weighted by molar-refractivity contribution is 5.81. The van der Waals surface area contributed by atoms with E-state index < -0.39 is 0 Å². The number of nitrogens with zero attached hydrogens (tertiary/aromatic N) is 1. The average molecular weight is 217 g/mol. The molecule has 0 aromatic carbocycles. The number of oxime groups is 1. The lowest BCUT2D eigenvalue weighted by Gasteiger charge is -2.09. The number of amides is 1. The van der Waals surface area contributed by atoms with Crippen molar-refractivity contribution in [3.8, 4) is 0 Å². The molecule has 1 amide bonds. The van der Waals surface area contributed by atoms with Gasteiger partial charge in [0.05, 0.1) is 0 Å². The molecule has 4 N–H and O–H groups in total. The maximum Gasteiger partial charge on any atom is 0.220 e. The summed E-state index contributed by atoms with van der Waals surface area (Å²) in [5.41, 5.74) is 5.24. The standard InChI is InChI=1S/C9H19N3O3/c1-7(6-15-2)5-9(13)11-4-3-8(10)12-14/h7,14H,3-6H2,1-2H3,(H2,10,12)(H,11,13). The second-order valence-electron chi connectivity index (χ2n) is 3.46. The molecule has 0 rings (SSSR count). The molecule has 0 radical (unpaired) electrons. The third-order valence-corrected chi connectivity index (χ3v) is 1.82. The highest BCUT2D eigenvalue weighted by Crippen LogP contribution is 2.01. The van der Waals surface area contributed by atoms with Crippen molar-refractivity contribution in [3.05, 3.63) is 0 Å². The second kappa shape index (κ2) is 8.05. The second-order valence-corrected chi connectivity index (χ2v) is 3.46. The van der Waals surface area contributed by atoms with Gasteiger partial charge in [0, 0.05) is 33.1 Å². The van der Waals surface area contributed by atoms with E-state index in [1.165, 1.54) is 0 Å². The van der Waals surface area contributed by atoms with Crippen LogP contribution >= 0.6 is 0 Å². The normalized spacial score (nSPS) is 13.6. The Kier molecular flexibility index (Phi) is 7.35. The van der Waals surface area contributed by atoms with E-state index in [1.54, 1.807) is 7.11 Å². The van der Waals surface area contributed by atoms with E-state index >= 15 is 0 Å². The van der Waals surface area contributed by atoms with Gasteiger partial charge in [0.15, 0.2) is 0 Å². The van der Waals surface area contributed by atoms with E-state index in [4.69, 9.17) is 15.7 Å². The van der Waals surface area contributed by atoms with E-state index in [0.29, 0.717) is 26.0 Å². The minimum Gasteiger partial charge on any atom is -0.409 e. The third-order valence-electron chi connectivity index (χ3n) is 1.82. The zero-order chi connectivity index (χ0) is 11.7. The van der Waals surface area contributed by atoms with Gasteiger partial charge in [-0.1, -0.05) is 12.1 Å². The van der Waals surface area contributed by atoms with Crippen molar-refractivity contribution < 1.29 is 14.7 Å². The van der Waals surface area contributed by atoms with Crippen LogP contribution < -0.4 is 11.1 Å². The third kappa shape index (κ3) is 7.75. The molecule has 15 heavy (non-hydrogen) atoms. The van der Waals surface area contributed by atoms with Crippen molar-refractivity contribution in [3.63, 3.8) is 0 Å². The zero-order valence-electron chi connectivity index (χ0n) is 9.19. The Hall–Kier alpha value is -1.30. The van der Waals surface area contributed by atoms with Gasteiger partial charge in [0.25, 0.3) is 0 Å². The molecule has 0 saturated heterocycles. The maximum atomic E-state index is 11.3. The summed E-state index contributed by atoms with van der Waals surface area (Å²) < 4.78 is 4.91. The van der Waals surface area contributed by atoms with Crippen LogP contribution in [0.15, 0.2) is 5.16 Å². The molecular weight excluding hydrogens is 198 g/mol. The molecule has 0 aliphatic heterocycles. The first-order valence-corrected chi connectivity index (χ1v) is 4.82. The number of hydrogen-bond donors (Lipinski definition) is 3. The summed E-state index contributed by atoms with van der Waals surface area (Å²) in [5, 5.41) is 13.7. The van der Waals surface area contributed by atoms with Gasteiger partial charge in [-0.25, -0.2) is 0 Å². The van der Waals surface area contributed by atoms with Crippen molar-refractivity contribution in [1.82, 2.24) is 5.32 Å². The van der Waals surface area contributed by atoms with Crippen molar-refractivity contribution >= 4 is 11.7 Å². The molecule has 0 aliphatic carbocycles. The molecule has 0 aromatic rings. The quantitative estimate of drug-likeness (QED) is 0.240. The average Bonchev–Trinajstić information content (AvgIpc) is 2.17. The number of nitrogens with one attached hydrogen (secondary N) is 1. The van der Waals surface area contributed by atoms with Gasteiger partial charge in [-0.3, -0.25) is 4.79 Å². The van der Waals surface area contributed by atoms with Gasteiger partial charge in [-0.15, -0.1) is 0 Å². The first-order valence-electron chi connectivity index (χ1n) is 4.82. The fourth-order valence-corrected chi connectivity index (χ4v) is 1.11. The molecular formula is C9H19N3O3. The SMILES string of the molecule is COCC(C)CC(=O)NCCC(N)=NO. The van der Waals surface area contributed by atoms with Gasteiger partial charge in [0.1, 0.15) is 5.84 Å². The first-order chi connectivity index (χ1) is 7.10. The summed E-state index contributed by atoms with van der Waals surface area (Å²) >= 11 is 0. The van der Waals surface area contributed by atoms with Crippen LogP contribution in [0.1, 0.15) is 19.8 Å². The highest BCUT2D eigenvalue weighted by Gasteiger charge is 2.08. The minimum absolute atomic E-state index is 0.0507. The minimum atomic E-state index is -0.0507. The van der Waals surface area contributed by atoms with Gasteiger partial charge >= 0.3 is 0 Å². The Morgan fingerprint density at radius 1 is 1.67 bits per heavy atom. The molecule has 0 aromatic heterocycles. The van der Waals surface area contributed by atoms with Crippen LogP contribution in [0.4, 0.5) is 0 Å². The molecule has 1 atom stereocenters. The van der Waals surface area contributed by atoms with Crippen molar-refractivity contribution in [2.75, 3.05) is 20.3 Å². The Bertz CT molecular complexity index is 219. The largest absolute Gasteiger partial charge is 0.409 e. The molecule has 0 bridgehead atoms. The van der Waals surface area contributed by atoms with Crippen molar-refractivity contribution in [1.29, 1.82) is 0 Å². The van der Waals surface area contributed by atoms with Crippen molar-refractivity contribution in [2.45, 2.75) is 19.8 Å². The number of amidine groups is 1. The Balaban J connectivity index is 3.57. The van der Waals surface area contributed by atoms with Gasteiger partial charge in [-0.05, 0) is 5.92 Å². The summed E-state index contributed by atoms with van der Waals surface area (Å²) in [6.45, 7) is 2.88. The molecule has 6 heteroatoms. The highest BCUT2D eigenvalue weighted by atomic mass is 16.5. The molecule has 0 fully saturated rings. The molecule has 88 valence electrons. The lowest BCUT2D eigenvalue weighted by Crippen LogP contribution is -2.29. The van der Waals surface area contributed by atoms with Crippen LogP contribution in [-0.2, 0) is 9.53 Å². The Morgan fingerprint density at radius 2 is 2.33 bits per heavy atom. The number of carbonyl (C=O) groups is 1. The van der Waals surface area contributed by atoms with Crippen LogP contribution in [0.3, 0.4) is 0 Å². The molecule has 0 aliphatic rings. The van der Waals surface area contributed by atoms with Gasteiger partial charge in [0.2, 0.25) is 5.91 Å². The fraction of sp³-hybridized carbons (Fsp3) is 0.778. The fourth-order valence-electron chi connectivity index (χ4n) is 1.11. The Morgan fingerprint density at radius 3 is 2.87 bits per heavy atom. The van der Waals surface area contributed by atoms with E-state index in [0.717, 1.165) is 0 Å². The summed E-state index contributed by atoms with van der Waals surface area (Å²) in [7, 11) is 1.60. The summed E-state index contributed by atoms with van der Waals surface area (Å²) in [4.78, 5) is 11.3. The lowest BCUT2D eigenvalue weighted by atomic mass is 10.1. The molecule has 6 nitrogen and oxygen atoms in total. The molecule has 0 heterocycles. The lowest BCUT2D eigenvalue weighted by molar-refractivity contribution is -0.122. The van der Waals surface area contributed by atoms with Gasteiger partial charge in [-0.2, -0.15) is 0 Å². The molecule has 0 saturated carbocycles. The molecule has 1 unspecified atom stereocenters. The van der Waals surface area contributed by atoms with Crippen LogP contribution in [0, 0.1) is 5.92 Å². The zero-order valence-corrected chi connectivity index (χ0v) is 9.19.